The van der Waals surface area contributed by atoms with E-state index in [1.54, 1.807) is 0 Å². The van der Waals surface area contributed by atoms with Crippen LogP contribution in [0.15, 0.2) is 59.5 Å². The molecule has 0 heterocycles. The van der Waals surface area contributed by atoms with Gasteiger partial charge in [0.05, 0.1) is 15.9 Å². The SMILES string of the molecule is O=[N+]([O-])c1ccc(S(=O)(=O)NCCCCO[C@H]2CCC[C@H](c3ccccc3)[C@@H]2Br)cc1. The minimum Gasteiger partial charge on any atom is -0.377 e. The number of nitro groups is 1. The molecular weight excluding hydrogens is 484 g/mol. The highest BCUT2D eigenvalue weighted by atomic mass is 79.9. The first-order chi connectivity index (χ1) is 14.9. The largest absolute Gasteiger partial charge is 0.377 e. The van der Waals surface area contributed by atoms with Gasteiger partial charge in [-0.3, -0.25) is 10.1 Å². The molecule has 1 saturated carbocycles. The molecule has 9 heteroatoms. The molecule has 0 unspecified atom stereocenters. The monoisotopic (exact) mass is 510 g/mol. The molecule has 7 nitrogen and oxygen atoms in total. The van der Waals surface area contributed by atoms with Crippen LogP contribution >= 0.6 is 15.9 Å². The summed E-state index contributed by atoms with van der Waals surface area (Å²) in [7, 11) is -3.68. The van der Waals surface area contributed by atoms with Crippen LogP contribution in [0.3, 0.4) is 0 Å². The molecule has 2 aromatic rings. The second-order valence-corrected chi connectivity index (χ2v) is 10.5. The molecule has 0 spiro atoms. The van der Waals surface area contributed by atoms with Crippen molar-refractivity contribution in [2.75, 3.05) is 13.2 Å². The minimum atomic E-state index is -3.68. The summed E-state index contributed by atoms with van der Waals surface area (Å²) < 4.78 is 33.2. The number of rotatable bonds is 10. The second kappa shape index (κ2) is 11.2. The summed E-state index contributed by atoms with van der Waals surface area (Å²) in [5.74, 6) is 0.438. The summed E-state index contributed by atoms with van der Waals surface area (Å²) >= 11 is 3.85. The van der Waals surface area contributed by atoms with Gasteiger partial charge in [0, 0.05) is 30.1 Å². The first-order valence-electron chi connectivity index (χ1n) is 10.4. The standard InChI is InChI=1S/C22H27BrN2O5S/c23-22-20(17-7-2-1-3-8-17)9-6-10-21(22)30-16-5-4-15-24-31(28,29)19-13-11-18(12-14-19)25(26)27/h1-3,7-8,11-14,20-22,24H,4-6,9-10,15-16H2/t20-,21+,22+/m1/s1. The van der Waals surface area contributed by atoms with Gasteiger partial charge in [-0.15, -0.1) is 0 Å². The maximum absolute atomic E-state index is 12.3. The predicted octanol–water partition coefficient (Wildman–Crippen LogP) is 4.77. The maximum atomic E-state index is 12.3. The number of ether oxygens (including phenoxy) is 1. The van der Waals surface area contributed by atoms with E-state index in [2.05, 4.69) is 44.9 Å². The third-order valence-corrected chi connectivity index (χ3v) is 8.23. The summed E-state index contributed by atoms with van der Waals surface area (Å²) in [4.78, 5) is 10.4. The average Bonchev–Trinajstić information content (AvgIpc) is 2.77. The van der Waals surface area contributed by atoms with Crippen molar-refractivity contribution in [2.45, 2.75) is 53.8 Å². The van der Waals surface area contributed by atoms with Gasteiger partial charge >= 0.3 is 0 Å². The number of alkyl halides is 1. The summed E-state index contributed by atoms with van der Waals surface area (Å²) in [6, 6.07) is 15.3. The van der Waals surface area contributed by atoms with E-state index in [0.717, 1.165) is 25.7 Å². The highest BCUT2D eigenvalue weighted by Crippen LogP contribution is 2.39. The molecule has 0 radical (unpaired) electrons. The zero-order valence-electron chi connectivity index (χ0n) is 17.2. The van der Waals surface area contributed by atoms with E-state index in [9.17, 15) is 18.5 Å². The Morgan fingerprint density at radius 3 is 2.45 bits per heavy atom. The average molecular weight is 511 g/mol. The van der Waals surface area contributed by atoms with E-state index in [4.69, 9.17) is 4.74 Å². The fourth-order valence-corrected chi connectivity index (χ4v) is 5.90. The lowest BCUT2D eigenvalue weighted by Gasteiger charge is -2.35. The van der Waals surface area contributed by atoms with Crippen LogP contribution in [-0.4, -0.2) is 37.4 Å². The quantitative estimate of drug-likeness (QED) is 0.215. The molecule has 1 N–H and O–H groups in total. The number of nitrogens with zero attached hydrogens (tertiary/aromatic N) is 1. The van der Waals surface area contributed by atoms with Crippen LogP contribution in [0.2, 0.25) is 0 Å². The fourth-order valence-electron chi connectivity index (χ4n) is 3.84. The normalized spacial score (nSPS) is 21.6. The Kier molecular flexibility index (Phi) is 8.59. The van der Waals surface area contributed by atoms with Crippen LogP contribution in [0.1, 0.15) is 43.6 Å². The van der Waals surface area contributed by atoms with Gasteiger partial charge in [0.1, 0.15) is 0 Å². The number of hydrogen-bond donors (Lipinski definition) is 1. The molecule has 0 saturated heterocycles. The highest BCUT2D eigenvalue weighted by Gasteiger charge is 2.32. The lowest BCUT2D eigenvalue weighted by molar-refractivity contribution is -0.384. The number of unbranched alkanes of at least 4 members (excludes halogenated alkanes) is 1. The Balaban J connectivity index is 1.39. The molecule has 0 aliphatic heterocycles. The van der Waals surface area contributed by atoms with Crippen molar-refractivity contribution in [2.24, 2.45) is 0 Å². The minimum absolute atomic E-state index is 0.0191. The Morgan fingerprint density at radius 2 is 1.77 bits per heavy atom. The van der Waals surface area contributed by atoms with Crippen molar-refractivity contribution in [3.8, 4) is 0 Å². The van der Waals surface area contributed by atoms with E-state index >= 15 is 0 Å². The molecule has 0 bridgehead atoms. The molecule has 1 fully saturated rings. The van der Waals surface area contributed by atoms with E-state index in [1.807, 2.05) is 6.07 Å². The zero-order chi connectivity index (χ0) is 22.3. The van der Waals surface area contributed by atoms with Crippen LogP contribution < -0.4 is 4.72 Å². The van der Waals surface area contributed by atoms with Crippen LogP contribution in [0.4, 0.5) is 5.69 Å². The Bertz CT molecular complexity index is 954. The van der Waals surface area contributed by atoms with Gasteiger partial charge in [0.25, 0.3) is 5.69 Å². The molecule has 1 aliphatic rings. The van der Waals surface area contributed by atoms with Gasteiger partial charge in [-0.25, -0.2) is 13.1 Å². The van der Waals surface area contributed by atoms with E-state index in [0.29, 0.717) is 18.9 Å². The van der Waals surface area contributed by atoms with E-state index in [-0.39, 0.29) is 28.1 Å². The van der Waals surface area contributed by atoms with Crippen LogP contribution in [0.25, 0.3) is 0 Å². The van der Waals surface area contributed by atoms with Gasteiger partial charge in [0.2, 0.25) is 10.0 Å². The lowest BCUT2D eigenvalue weighted by atomic mass is 9.82. The molecule has 3 rings (SSSR count). The first kappa shape index (κ1) is 23.8. The Hall–Kier alpha value is -1.81. The van der Waals surface area contributed by atoms with Crippen molar-refractivity contribution in [3.05, 3.63) is 70.3 Å². The molecule has 0 aromatic heterocycles. The maximum Gasteiger partial charge on any atom is 0.269 e. The van der Waals surface area contributed by atoms with Gasteiger partial charge in [-0.2, -0.15) is 0 Å². The number of hydrogen-bond acceptors (Lipinski definition) is 5. The molecular formula is C22H27BrN2O5S. The molecule has 0 amide bonds. The van der Waals surface area contributed by atoms with Crippen molar-refractivity contribution in [1.29, 1.82) is 0 Å². The van der Waals surface area contributed by atoms with Gasteiger partial charge in [-0.1, -0.05) is 52.7 Å². The fraction of sp³-hybridized carbons (Fsp3) is 0.455. The number of benzene rings is 2. The van der Waals surface area contributed by atoms with Gasteiger partial charge in [0.15, 0.2) is 0 Å². The number of sulfonamides is 1. The van der Waals surface area contributed by atoms with Crippen LogP contribution in [-0.2, 0) is 14.8 Å². The Morgan fingerprint density at radius 1 is 1.06 bits per heavy atom. The Labute approximate surface area is 191 Å². The lowest BCUT2D eigenvalue weighted by Crippen LogP contribution is -2.34. The summed E-state index contributed by atoms with van der Waals surface area (Å²) in [5, 5.41) is 10.7. The van der Waals surface area contributed by atoms with Crippen molar-refractivity contribution >= 4 is 31.6 Å². The molecule has 31 heavy (non-hydrogen) atoms. The van der Waals surface area contributed by atoms with E-state index < -0.39 is 14.9 Å². The van der Waals surface area contributed by atoms with Gasteiger partial charge in [-0.05, 0) is 49.3 Å². The number of non-ortho nitro benzene ring substituents is 1. The third kappa shape index (κ3) is 6.58. The molecule has 2 aromatic carbocycles. The van der Waals surface area contributed by atoms with E-state index in [1.165, 1.54) is 29.8 Å². The van der Waals surface area contributed by atoms with Gasteiger partial charge < -0.3 is 4.74 Å². The van der Waals surface area contributed by atoms with Crippen LogP contribution in [0, 0.1) is 10.1 Å². The second-order valence-electron chi connectivity index (χ2n) is 7.66. The van der Waals surface area contributed by atoms with Crippen LogP contribution in [0.5, 0.6) is 0 Å². The summed E-state index contributed by atoms with van der Waals surface area (Å²) in [5.41, 5.74) is 1.19. The number of nitrogens with one attached hydrogen (secondary N) is 1. The number of nitro benzene ring substituents is 1. The topological polar surface area (TPSA) is 98.5 Å². The third-order valence-electron chi connectivity index (χ3n) is 5.52. The molecule has 3 atom stereocenters. The first-order valence-corrected chi connectivity index (χ1v) is 12.8. The predicted molar refractivity (Wildman–Crippen MR) is 123 cm³/mol. The zero-order valence-corrected chi connectivity index (χ0v) is 19.6. The van der Waals surface area contributed by atoms with Crippen molar-refractivity contribution in [1.82, 2.24) is 4.72 Å². The smallest absolute Gasteiger partial charge is 0.269 e. The van der Waals surface area contributed by atoms with Crippen molar-refractivity contribution in [3.63, 3.8) is 0 Å². The summed E-state index contributed by atoms with van der Waals surface area (Å²) in [6.45, 7) is 0.866. The van der Waals surface area contributed by atoms with Crippen molar-refractivity contribution < 1.29 is 18.1 Å². The molecule has 168 valence electrons. The molecule has 1 aliphatic carbocycles. The highest BCUT2D eigenvalue weighted by molar-refractivity contribution is 9.09. The number of halogens is 1. The summed E-state index contributed by atoms with van der Waals surface area (Å²) in [6.07, 6.45) is 4.83.